The van der Waals surface area contributed by atoms with Gasteiger partial charge >= 0.3 is 0 Å². The molecule has 3 heterocycles. The van der Waals surface area contributed by atoms with Gasteiger partial charge < -0.3 is 14.5 Å². The Balaban J connectivity index is 1.49. The van der Waals surface area contributed by atoms with Gasteiger partial charge in [-0.3, -0.25) is 4.79 Å². The average Bonchev–Trinajstić information content (AvgIpc) is 2.43. The van der Waals surface area contributed by atoms with Crippen LogP contribution in [-0.4, -0.2) is 60.0 Å². The van der Waals surface area contributed by atoms with Gasteiger partial charge in [0.05, 0.1) is 19.0 Å². The summed E-state index contributed by atoms with van der Waals surface area (Å²) < 4.78 is 5.72. The second-order valence-corrected chi connectivity index (χ2v) is 6.28. The molecule has 2 fully saturated rings. The van der Waals surface area contributed by atoms with E-state index in [4.69, 9.17) is 16.3 Å². The highest BCUT2D eigenvalue weighted by Gasteiger charge is 2.37. The first-order valence-electron chi connectivity index (χ1n) is 7.38. The zero-order valence-corrected chi connectivity index (χ0v) is 12.9. The summed E-state index contributed by atoms with van der Waals surface area (Å²) in [5.41, 5.74) is 0. The first-order chi connectivity index (χ1) is 10.1. The van der Waals surface area contributed by atoms with Crippen molar-refractivity contribution in [3.05, 3.63) is 23.4 Å². The number of ether oxygens (including phenoxy) is 1. The summed E-state index contributed by atoms with van der Waals surface area (Å²) >= 11 is 6.01. The van der Waals surface area contributed by atoms with E-state index < -0.39 is 0 Å². The number of carbonyl (C=O) groups is 1. The molecule has 0 radical (unpaired) electrons. The molecular formula is C15H20ClN3O2. The SMILES string of the molecule is CN1CCCC(C(=O)N2CC(Oc3ncccc3Cl)C2)C1. The lowest BCUT2D eigenvalue weighted by atomic mass is 9.95. The maximum absolute atomic E-state index is 12.4. The number of rotatable bonds is 3. The second-order valence-electron chi connectivity index (χ2n) is 5.87. The zero-order valence-electron chi connectivity index (χ0n) is 12.2. The third kappa shape index (κ3) is 3.30. The van der Waals surface area contributed by atoms with Crippen molar-refractivity contribution < 1.29 is 9.53 Å². The van der Waals surface area contributed by atoms with Crippen LogP contribution in [-0.2, 0) is 4.79 Å². The molecule has 0 bridgehead atoms. The highest BCUT2D eigenvalue weighted by molar-refractivity contribution is 6.31. The molecule has 2 saturated heterocycles. The van der Waals surface area contributed by atoms with E-state index in [9.17, 15) is 4.79 Å². The number of hydrogen-bond donors (Lipinski definition) is 0. The summed E-state index contributed by atoms with van der Waals surface area (Å²) in [5.74, 6) is 0.852. The van der Waals surface area contributed by atoms with E-state index in [1.807, 2.05) is 4.90 Å². The van der Waals surface area contributed by atoms with Crippen LogP contribution in [0.1, 0.15) is 12.8 Å². The van der Waals surface area contributed by atoms with Gasteiger partial charge in [0.1, 0.15) is 11.1 Å². The highest BCUT2D eigenvalue weighted by atomic mass is 35.5. The number of aromatic nitrogens is 1. The van der Waals surface area contributed by atoms with Gasteiger partial charge in [-0.1, -0.05) is 11.6 Å². The van der Waals surface area contributed by atoms with E-state index in [2.05, 4.69) is 16.9 Å². The lowest BCUT2D eigenvalue weighted by Gasteiger charge is -2.42. The fraction of sp³-hybridized carbons (Fsp3) is 0.600. The highest BCUT2D eigenvalue weighted by Crippen LogP contribution is 2.26. The van der Waals surface area contributed by atoms with Crippen molar-refractivity contribution >= 4 is 17.5 Å². The van der Waals surface area contributed by atoms with E-state index in [-0.39, 0.29) is 17.9 Å². The molecule has 1 aromatic rings. The molecule has 0 N–H and O–H groups in total. The first-order valence-corrected chi connectivity index (χ1v) is 7.76. The molecule has 2 aliphatic heterocycles. The van der Waals surface area contributed by atoms with Crippen LogP contribution in [0.2, 0.25) is 5.02 Å². The molecule has 0 aliphatic carbocycles. The summed E-state index contributed by atoms with van der Waals surface area (Å²) in [6.45, 7) is 3.22. The predicted octanol–water partition coefficient (Wildman–Crippen LogP) is 1.67. The molecule has 0 spiro atoms. The predicted molar refractivity (Wildman–Crippen MR) is 80.5 cm³/mol. The Morgan fingerprint density at radius 3 is 2.95 bits per heavy atom. The van der Waals surface area contributed by atoms with Gasteiger partial charge in [0.25, 0.3) is 0 Å². The minimum Gasteiger partial charge on any atom is -0.470 e. The van der Waals surface area contributed by atoms with Crippen LogP contribution in [0.15, 0.2) is 18.3 Å². The van der Waals surface area contributed by atoms with Crippen molar-refractivity contribution in [3.63, 3.8) is 0 Å². The molecule has 114 valence electrons. The maximum Gasteiger partial charge on any atom is 0.232 e. The number of pyridine rings is 1. The summed E-state index contributed by atoms with van der Waals surface area (Å²) in [4.78, 5) is 20.6. The van der Waals surface area contributed by atoms with Gasteiger partial charge in [-0.25, -0.2) is 4.98 Å². The number of likely N-dealkylation sites (tertiary alicyclic amines) is 2. The van der Waals surface area contributed by atoms with E-state index >= 15 is 0 Å². The largest absolute Gasteiger partial charge is 0.470 e. The van der Waals surface area contributed by atoms with Crippen LogP contribution in [0.25, 0.3) is 0 Å². The van der Waals surface area contributed by atoms with Gasteiger partial charge in [0, 0.05) is 12.7 Å². The minimum absolute atomic E-state index is 0.00247. The summed E-state index contributed by atoms with van der Waals surface area (Å²) in [6, 6.07) is 3.52. The Labute approximate surface area is 129 Å². The fourth-order valence-corrected chi connectivity index (χ4v) is 3.10. The monoisotopic (exact) mass is 309 g/mol. The molecule has 1 amide bonds. The quantitative estimate of drug-likeness (QED) is 0.852. The molecule has 5 nitrogen and oxygen atoms in total. The fourth-order valence-electron chi connectivity index (χ4n) is 2.93. The summed E-state index contributed by atoms with van der Waals surface area (Å²) in [6.07, 6.45) is 3.75. The molecule has 21 heavy (non-hydrogen) atoms. The van der Waals surface area contributed by atoms with Gasteiger partial charge in [0.2, 0.25) is 11.8 Å². The summed E-state index contributed by atoms with van der Waals surface area (Å²) in [5, 5.41) is 0.510. The van der Waals surface area contributed by atoms with Crippen LogP contribution in [0.4, 0.5) is 0 Å². The number of carbonyl (C=O) groups excluding carboxylic acids is 1. The Bertz CT molecular complexity index is 519. The van der Waals surface area contributed by atoms with Gasteiger partial charge in [0.15, 0.2) is 0 Å². The zero-order chi connectivity index (χ0) is 14.8. The molecule has 0 saturated carbocycles. The smallest absolute Gasteiger partial charge is 0.232 e. The van der Waals surface area contributed by atoms with E-state index in [0.717, 1.165) is 25.9 Å². The first kappa shape index (κ1) is 14.6. The van der Waals surface area contributed by atoms with Crippen LogP contribution < -0.4 is 4.74 Å². The third-order valence-corrected chi connectivity index (χ3v) is 4.42. The third-order valence-electron chi connectivity index (χ3n) is 4.14. The van der Waals surface area contributed by atoms with Crippen molar-refractivity contribution in [2.24, 2.45) is 5.92 Å². The van der Waals surface area contributed by atoms with Crippen molar-refractivity contribution in [1.82, 2.24) is 14.8 Å². The van der Waals surface area contributed by atoms with Crippen LogP contribution in [0.5, 0.6) is 5.88 Å². The lowest BCUT2D eigenvalue weighted by Crippen LogP contribution is -2.58. The van der Waals surface area contributed by atoms with E-state index in [0.29, 0.717) is 24.0 Å². The molecule has 3 rings (SSSR count). The van der Waals surface area contributed by atoms with Crippen molar-refractivity contribution in [1.29, 1.82) is 0 Å². The van der Waals surface area contributed by atoms with Crippen molar-refractivity contribution in [2.75, 3.05) is 33.2 Å². The molecule has 2 aliphatic rings. The Morgan fingerprint density at radius 1 is 1.43 bits per heavy atom. The van der Waals surface area contributed by atoms with E-state index in [1.54, 1.807) is 18.3 Å². The van der Waals surface area contributed by atoms with Crippen LogP contribution >= 0.6 is 11.6 Å². The Hall–Kier alpha value is -1.33. The van der Waals surface area contributed by atoms with Crippen LogP contribution in [0.3, 0.4) is 0 Å². The van der Waals surface area contributed by atoms with Crippen molar-refractivity contribution in [2.45, 2.75) is 18.9 Å². The average molecular weight is 310 g/mol. The summed E-state index contributed by atoms with van der Waals surface area (Å²) in [7, 11) is 2.07. The Kier molecular flexibility index (Phi) is 4.31. The molecule has 1 atom stereocenters. The standard InChI is InChI=1S/C15H20ClN3O2/c1-18-7-3-4-11(8-18)15(20)19-9-12(10-19)21-14-13(16)5-2-6-17-14/h2,5-6,11-12H,3-4,7-10H2,1H3. The molecule has 0 aromatic carbocycles. The van der Waals surface area contributed by atoms with Crippen molar-refractivity contribution in [3.8, 4) is 5.88 Å². The number of piperidine rings is 1. The molecule has 6 heteroatoms. The van der Waals surface area contributed by atoms with Gasteiger partial charge in [-0.15, -0.1) is 0 Å². The van der Waals surface area contributed by atoms with Crippen LogP contribution in [0, 0.1) is 5.92 Å². The van der Waals surface area contributed by atoms with Gasteiger partial charge in [-0.2, -0.15) is 0 Å². The van der Waals surface area contributed by atoms with Gasteiger partial charge in [-0.05, 0) is 38.6 Å². The normalized spacial score (nSPS) is 23.7. The molecule has 1 aromatic heterocycles. The molecular weight excluding hydrogens is 290 g/mol. The number of hydrogen-bond acceptors (Lipinski definition) is 4. The maximum atomic E-state index is 12.4. The Morgan fingerprint density at radius 2 is 2.24 bits per heavy atom. The number of amides is 1. The second kappa shape index (κ2) is 6.20. The number of halogens is 1. The lowest BCUT2D eigenvalue weighted by molar-refractivity contribution is -0.146. The molecule has 1 unspecified atom stereocenters. The topological polar surface area (TPSA) is 45.7 Å². The van der Waals surface area contributed by atoms with E-state index in [1.165, 1.54) is 0 Å². The number of nitrogens with zero attached hydrogens (tertiary/aromatic N) is 3. The minimum atomic E-state index is 0.00247.